The van der Waals surface area contributed by atoms with E-state index in [1.165, 1.54) is 12.8 Å². The van der Waals surface area contributed by atoms with E-state index in [2.05, 4.69) is 55.2 Å². The summed E-state index contributed by atoms with van der Waals surface area (Å²) in [6.07, 6.45) is 4.33. The lowest BCUT2D eigenvalue weighted by atomic mass is 10.1. The molecule has 1 unspecified atom stereocenters. The normalized spacial score (nSPS) is 13.2. The van der Waals surface area contributed by atoms with Crippen LogP contribution in [0.4, 0.5) is 0 Å². The predicted molar refractivity (Wildman–Crippen MR) is 82.1 cm³/mol. The van der Waals surface area contributed by atoms with Crippen LogP contribution < -0.4 is 5.32 Å². The standard InChI is InChI=1S/C16H29N3/c1-14(2)12-17-10-7-8-15(3)19(4)13-16-9-5-6-11-18-16/h5-6,9,11,14-15,17H,7-8,10,12-13H2,1-4H3. The Kier molecular flexibility index (Phi) is 7.68. The Hall–Kier alpha value is -0.930. The maximum Gasteiger partial charge on any atom is 0.0543 e. The van der Waals surface area contributed by atoms with Gasteiger partial charge in [0.05, 0.1) is 5.69 Å². The summed E-state index contributed by atoms with van der Waals surface area (Å²) in [6, 6.07) is 6.71. The molecular weight excluding hydrogens is 234 g/mol. The Balaban J connectivity index is 2.16. The number of rotatable bonds is 9. The molecule has 1 heterocycles. The lowest BCUT2D eigenvalue weighted by Crippen LogP contribution is -2.30. The minimum absolute atomic E-state index is 0.600. The van der Waals surface area contributed by atoms with Gasteiger partial charge < -0.3 is 5.32 Å². The topological polar surface area (TPSA) is 28.2 Å². The molecule has 0 radical (unpaired) electrons. The Labute approximate surface area is 118 Å². The fourth-order valence-electron chi connectivity index (χ4n) is 2.04. The SMILES string of the molecule is CC(C)CNCCCC(C)N(C)Cc1ccccn1. The van der Waals surface area contributed by atoms with Gasteiger partial charge in [-0.25, -0.2) is 0 Å². The molecule has 1 atom stereocenters. The quantitative estimate of drug-likeness (QED) is 0.694. The molecule has 0 saturated heterocycles. The van der Waals surface area contributed by atoms with E-state index >= 15 is 0 Å². The third-order valence-electron chi connectivity index (χ3n) is 3.42. The van der Waals surface area contributed by atoms with Crippen molar-refractivity contribution in [2.75, 3.05) is 20.1 Å². The third-order valence-corrected chi connectivity index (χ3v) is 3.42. The van der Waals surface area contributed by atoms with E-state index in [9.17, 15) is 0 Å². The van der Waals surface area contributed by atoms with Gasteiger partial charge in [0, 0.05) is 18.8 Å². The molecule has 0 bridgehead atoms. The summed E-state index contributed by atoms with van der Waals surface area (Å²) in [7, 11) is 2.18. The zero-order chi connectivity index (χ0) is 14.1. The molecule has 0 saturated carbocycles. The van der Waals surface area contributed by atoms with Crippen molar-refractivity contribution in [2.45, 2.75) is 46.2 Å². The van der Waals surface area contributed by atoms with Gasteiger partial charge in [0.25, 0.3) is 0 Å². The van der Waals surface area contributed by atoms with Crippen molar-refractivity contribution in [2.24, 2.45) is 5.92 Å². The van der Waals surface area contributed by atoms with Crippen molar-refractivity contribution in [3.63, 3.8) is 0 Å². The molecule has 3 heteroatoms. The second-order valence-corrected chi connectivity index (χ2v) is 5.83. The van der Waals surface area contributed by atoms with Crippen LogP contribution in [0.25, 0.3) is 0 Å². The first kappa shape index (κ1) is 16.1. The molecule has 1 N–H and O–H groups in total. The fraction of sp³-hybridized carbons (Fsp3) is 0.688. The maximum atomic E-state index is 4.38. The van der Waals surface area contributed by atoms with E-state index in [4.69, 9.17) is 0 Å². The molecule has 1 aromatic heterocycles. The van der Waals surface area contributed by atoms with Gasteiger partial charge in [-0.2, -0.15) is 0 Å². The molecule has 3 nitrogen and oxygen atoms in total. The van der Waals surface area contributed by atoms with Crippen LogP contribution in [0, 0.1) is 5.92 Å². The van der Waals surface area contributed by atoms with Crippen LogP contribution >= 0.6 is 0 Å². The summed E-state index contributed by atoms with van der Waals surface area (Å²) in [5.74, 6) is 0.740. The number of nitrogens with one attached hydrogen (secondary N) is 1. The second kappa shape index (κ2) is 9.05. The average molecular weight is 263 g/mol. The summed E-state index contributed by atoms with van der Waals surface area (Å²) in [5.41, 5.74) is 1.15. The zero-order valence-corrected chi connectivity index (χ0v) is 12.9. The van der Waals surface area contributed by atoms with Crippen molar-refractivity contribution in [3.8, 4) is 0 Å². The van der Waals surface area contributed by atoms with Crippen LogP contribution in [0.1, 0.15) is 39.3 Å². The van der Waals surface area contributed by atoms with E-state index < -0.39 is 0 Å². The largest absolute Gasteiger partial charge is 0.316 e. The van der Waals surface area contributed by atoms with Crippen LogP contribution in [-0.4, -0.2) is 36.1 Å². The van der Waals surface area contributed by atoms with Crippen molar-refractivity contribution < 1.29 is 0 Å². The molecule has 0 spiro atoms. The van der Waals surface area contributed by atoms with Crippen LogP contribution in [0.3, 0.4) is 0 Å². The molecule has 108 valence electrons. The van der Waals surface area contributed by atoms with Crippen molar-refractivity contribution in [3.05, 3.63) is 30.1 Å². The van der Waals surface area contributed by atoms with E-state index in [-0.39, 0.29) is 0 Å². The van der Waals surface area contributed by atoms with Gasteiger partial charge in [0.1, 0.15) is 0 Å². The van der Waals surface area contributed by atoms with E-state index in [1.54, 1.807) is 0 Å². The van der Waals surface area contributed by atoms with Gasteiger partial charge in [-0.05, 0) is 58.0 Å². The molecule has 0 fully saturated rings. The lowest BCUT2D eigenvalue weighted by molar-refractivity contribution is 0.231. The smallest absolute Gasteiger partial charge is 0.0543 e. The van der Waals surface area contributed by atoms with E-state index in [0.29, 0.717) is 6.04 Å². The van der Waals surface area contributed by atoms with Gasteiger partial charge in [-0.3, -0.25) is 9.88 Å². The molecular formula is C16H29N3. The molecule has 0 aliphatic carbocycles. The minimum atomic E-state index is 0.600. The Bertz CT molecular complexity index is 324. The van der Waals surface area contributed by atoms with E-state index in [1.807, 2.05) is 12.3 Å². The molecule has 1 rings (SSSR count). The zero-order valence-electron chi connectivity index (χ0n) is 12.9. The summed E-state index contributed by atoms with van der Waals surface area (Å²) in [4.78, 5) is 6.76. The van der Waals surface area contributed by atoms with Gasteiger partial charge >= 0.3 is 0 Å². The highest BCUT2D eigenvalue weighted by atomic mass is 15.1. The van der Waals surface area contributed by atoms with Crippen molar-refractivity contribution >= 4 is 0 Å². The Morgan fingerprint density at radius 3 is 2.68 bits per heavy atom. The van der Waals surface area contributed by atoms with Gasteiger partial charge in [-0.1, -0.05) is 19.9 Å². The second-order valence-electron chi connectivity index (χ2n) is 5.83. The van der Waals surface area contributed by atoms with Gasteiger partial charge in [0.2, 0.25) is 0 Å². The molecule has 1 aromatic rings. The highest BCUT2D eigenvalue weighted by molar-refractivity contribution is 5.03. The van der Waals surface area contributed by atoms with Crippen molar-refractivity contribution in [1.82, 2.24) is 15.2 Å². The minimum Gasteiger partial charge on any atom is -0.316 e. The first-order chi connectivity index (χ1) is 9.09. The fourth-order valence-corrected chi connectivity index (χ4v) is 2.04. The summed E-state index contributed by atoms with van der Waals surface area (Å²) >= 11 is 0. The van der Waals surface area contributed by atoms with Crippen LogP contribution in [0.5, 0.6) is 0 Å². The summed E-state index contributed by atoms with van der Waals surface area (Å²) < 4.78 is 0. The van der Waals surface area contributed by atoms with E-state index in [0.717, 1.165) is 31.2 Å². The van der Waals surface area contributed by atoms with Crippen LogP contribution in [-0.2, 0) is 6.54 Å². The summed E-state index contributed by atoms with van der Waals surface area (Å²) in [6.45, 7) is 9.97. The van der Waals surface area contributed by atoms with Crippen LogP contribution in [0.2, 0.25) is 0 Å². The van der Waals surface area contributed by atoms with Crippen LogP contribution in [0.15, 0.2) is 24.4 Å². The third kappa shape index (κ3) is 7.28. The number of hydrogen-bond donors (Lipinski definition) is 1. The van der Waals surface area contributed by atoms with Crippen molar-refractivity contribution in [1.29, 1.82) is 0 Å². The molecule has 19 heavy (non-hydrogen) atoms. The molecule has 0 aromatic carbocycles. The molecule has 0 amide bonds. The predicted octanol–water partition coefficient (Wildman–Crippen LogP) is 2.93. The lowest BCUT2D eigenvalue weighted by Gasteiger charge is -2.24. The monoisotopic (exact) mass is 263 g/mol. The summed E-state index contributed by atoms with van der Waals surface area (Å²) in [5, 5.41) is 3.50. The number of pyridine rings is 1. The first-order valence-corrected chi connectivity index (χ1v) is 7.40. The molecule has 0 aliphatic heterocycles. The average Bonchev–Trinajstić information content (AvgIpc) is 2.38. The number of aromatic nitrogens is 1. The Morgan fingerprint density at radius 2 is 2.05 bits per heavy atom. The maximum absolute atomic E-state index is 4.38. The number of nitrogens with zero attached hydrogens (tertiary/aromatic N) is 2. The Morgan fingerprint density at radius 1 is 1.26 bits per heavy atom. The molecule has 0 aliphatic rings. The van der Waals surface area contributed by atoms with Gasteiger partial charge in [0.15, 0.2) is 0 Å². The van der Waals surface area contributed by atoms with Gasteiger partial charge in [-0.15, -0.1) is 0 Å². The highest BCUT2D eigenvalue weighted by Crippen LogP contribution is 2.08. The first-order valence-electron chi connectivity index (χ1n) is 7.40. The number of hydrogen-bond acceptors (Lipinski definition) is 3. The highest BCUT2D eigenvalue weighted by Gasteiger charge is 2.09.